The number of aryl methyl sites for hydroxylation is 1. The number of hydrogen-bond acceptors (Lipinski definition) is 12. The molecule has 6 saturated carbocycles. The van der Waals surface area contributed by atoms with Gasteiger partial charge in [0.1, 0.15) is 18.9 Å². The Kier molecular flexibility index (Phi) is 59.0. The summed E-state index contributed by atoms with van der Waals surface area (Å²) in [4.78, 5) is 102. The van der Waals surface area contributed by atoms with Crippen LogP contribution in [0.1, 0.15) is 377 Å². The van der Waals surface area contributed by atoms with Crippen LogP contribution in [-0.4, -0.2) is 223 Å². The Morgan fingerprint density at radius 1 is 0.450 bits per heavy atom. The number of ether oxygens (including phenoxy) is 3. The van der Waals surface area contributed by atoms with Crippen LogP contribution < -0.4 is 0 Å². The summed E-state index contributed by atoms with van der Waals surface area (Å²) in [5.41, 5.74) is 1.13. The molecule has 812 valence electrons. The largest absolute Gasteiger partial charge is 0.406 e. The van der Waals surface area contributed by atoms with Crippen molar-refractivity contribution in [1.29, 1.82) is 0 Å². The molecule has 25 heteroatoms. The van der Waals surface area contributed by atoms with Gasteiger partial charge >= 0.3 is 6.18 Å². The lowest BCUT2D eigenvalue weighted by Crippen LogP contribution is -2.45. The van der Waals surface area contributed by atoms with Gasteiger partial charge in [0.05, 0.1) is 31.9 Å². The van der Waals surface area contributed by atoms with Crippen molar-refractivity contribution >= 4 is 41.2 Å². The molecule has 9 aliphatic rings. The molecule has 9 fully saturated rings. The molecule has 6 amide bonds. The molecular formula is C115H207F5N10O10. The van der Waals surface area contributed by atoms with Gasteiger partial charge in [-0.3, -0.25) is 33.6 Å². The third kappa shape index (κ3) is 51.2. The molecule has 0 N–H and O–H groups in total. The van der Waals surface area contributed by atoms with Gasteiger partial charge in [-0.15, -0.1) is 0 Å². The molecular weight excluding hydrogens is 1780 g/mol. The van der Waals surface area contributed by atoms with E-state index in [2.05, 4.69) is 167 Å². The summed E-state index contributed by atoms with van der Waals surface area (Å²) in [5.74, 6) is 14.4. The molecule has 0 bridgehead atoms. The predicted octanol–water partition coefficient (Wildman–Crippen LogP) is 26.1. The zero-order valence-electron chi connectivity index (χ0n) is 93.8. The van der Waals surface area contributed by atoms with Crippen LogP contribution >= 0.6 is 0 Å². The number of nitrogens with zero attached hydrogens (tertiary/aromatic N) is 10. The van der Waals surface area contributed by atoms with Gasteiger partial charge < -0.3 is 52.7 Å². The maximum absolute atomic E-state index is 12.6. The van der Waals surface area contributed by atoms with Gasteiger partial charge in [-0.2, -0.15) is 13.2 Å². The van der Waals surface area contributed by atoms with E-state index in [4.69, 9.17) is 14.2 Å². The summed E-state index contributed by atoms with van der Waals surface area (Å²) >= 11 is 0. The van der Waals surface area contributed by atoms with Crippen molar-refractivity contribution in [1.82, 2.24) is 48.5 Å². The van der Waals surface area contributed by atoms with Gasteiger partial charge in [-0.25, -0.2) is 18.7 Å². The topological polar surface area (TPSA) is 202 Å². The first-order chi connectivity index (χ1) is 65.7. The van der Waals surface area contributed by atoms with Gasteiger partial charge in [0.15, 0.2) is 0 Å². The number of alkyl halides is 5. The number of Topliss-reactive ketones (excluding diaryl/α,β-unsaturated/α-hetero) is 1. The third-order valence-electron chi connectivity index (χ3n) is 32.9. The summed E-state index contributed by atoms with van der Waals surface area (Å²) in [7, 11) is 8.02. The molecule has 6 aliphatic carbocycles. The first-order valence-corrected chi connectivity index (χ1v) is 55.6. The lowest BCUT2D eigenvalue weighted by atomic mass is 9.75. The smallest absolute Gasteiger partial charge is 0.383 e. The Morgan fingerprint density at radius 3 is 1.25 bits per heavy atom. The SMILES string of the molecule is CC(C)C1CCC(CC(=O)N(C)CC(F)F)CC1.CC(C)CC(=O)CC1CCC(C(C)C)CC1.CC(C)[C@@H]1CCCN(C(=O)CCn2ccnc2)C1.CC(C)[C@@H]1CCCN(C(=O)Cn2ccnc2)C1.CCOCCCC1CCC(C(C)(C)C)C1.CN(CC(F)(F)F)C(=O)CC1CCC(C(C)(C)C)C1.COC1CCC(C(=O)N2CCCC(C(C)C)C2)CC1.COCCN(C)C(=O)CC1CCC(C(C)(C)C)C1. The van der Waals surface area contributed by atoms with Crippen molar-refractivity contribution in [2.45, 2.75) is 409 Å². The monoisotopic (exact) mass is 1980 g/mol. The first-order valence-electron chi connectivity index (χ1n) is 55.6. The van der Waals surface area contributed by atoms with Crippen molar-refractivity contribution in [2.75, 3.05) is 114 Å². The third-order valence-corrected chi connectivity index (χ3v) is 32.9. The van der Waals surface area contributed by atoms with Crippen molar-refractivity contribution < 1.29 is 69.7 Å². The average Bonchev–Trinajstić information content (AvgIpc) is 1.13. The first kappa shape index (κ1) is 127. The van der Waals surface area contributed by atoms with E-state index >= 15 is 0 Å². The fourth-order valence-electron chi connectivity index (χ4n) is 22.6. The van der Waals surface area contributed by atoms with Gasteiger partial charge in [-0.1, -0.05) is 152 Å². The number of hydrogen-bond donors (Lipinski definition) is 0. The maximum atomic E-state index is 12.6. The number of piperidine rings is 3. The van der Waals surface area contributed by atoms with Crippen molar-refractivity contribution in [2.24, 2.45) is 135 Å². The summed E-state index contributed by atoms with van der Waals surface area (Å²) in [5, 5.41) is 0. The van der Waals surface area contributed by atoms with E-state index in [-0.39, 0.29) is 47.3 Å². The number of carbonyl (C=O) groups excluding carboxylic acids is 7. The normalized spacial score (nSPS) is 25.1. The van der Waals surface area contributed by atoms with Crippen LogP contribution in [0.5, 0.6) is 0 Å². The summed E-state index contributed by atoms with van der Waals surface area (Å²) < 4.78 is 80.5. The van der Waals surface area contributed by atoms with E-state index in [0.29, 0.717) is 139 Å². The molecule has 5 heterocycles. The second-order valence-corrected chi connectivity index (χ2v) is 49.3. The summed E-state index contributed by atoms with van der Waals surface area (Å²) in [6.07, 6.45) is 42.8. The van der Waals surface area contributed by atoms with Crippen LogP contribution in [0.3, 0.4) is 0 Å². The van der Waals surface area contributed by atoms with E-state index < -0.39 is 31.6 Å². The Morgan fingerprint density at radius 2 is 0.850 bits per heavy atom. The van der Waals surface area contributed by atoms with E-state index in [9.17, 15) is 55.5 Å². The lowest BCUT2D eigenvalue weighted by molar-refractivity contribution is -0.158. The van der Waals surface area contributed by atoms with Crippen LogP contribution in [0.4, 0.5) is 22.0 Å². The van der Waals surface area contributed by atoms with Gasteiger partial charge in [0, 0.05) is 170 Å². The zero-order chi connectivity index (χ0) is 105. The van der Waals surface area contributed by atoms with E-state index in [1.807, 2.05) is 38.4 Å². The highest BCUT2D eigenvalue weighted by Crippen LogP contribution is 2.47. The van der Waals surface area contributed by atoms with E-state index in [1.165, 1.54) is 135 Å². The van der Waals surface area contributed by atoms with Crippen molar-refractivity contribution in [3.05, 3.63) is 37.4 Å². The highest BCUT2D eigenvalue weighted by Gasteiger charge is 2.40. The fourth-order valence-corrected chi connectivity index (χ4v) is 22.6. The second-order valence-electron chi connectivity index (χ2n) is 49.3. The number of likely N-dealkylation sites (tertiary alicyclic amines) is 3. The molecule has 7 unspecified atom stereocenters. The molecule has 0 aromatic carbocycles. The van der Waals surface area contributed by atoms with Crippen LogP contribution in [-0.2, 0) is 60.9 Å². The molecule has 20 nitrogen and oxygen atoms in total. The maximum Gasteiger partial charge on any atom is 0.406 e. The summed E-state index contributed by atoms with van der Waals surface area (Å²) in [6, 6.07) is 0. The summed E-state index contributed by atoms with van der Waals surface area (Å²) in [6.45, 7) is 58.1. The molecule has 11 rings (SSSR count). The minimum absolute atomic E-state index is 0.136. The number of halogens is 5. The number of imidazole rings is 2. The van der Waals surface area contributed by atoms with Crippen LogP contribution in [0.2, 0.25) is 0 Å². The van der Waals surface area contributed by atoms with Gasteiger partial charge in [0.2, 0.25) is 35.4 Å². The number of methoxy groups -OCH3 is 2. The molecule has 3 saturated heterocycles. The number of ketones is 1. The average molecular weight is 1980 g/mol. The minimum atomic E-state index is -4.31. The van der Waals surface area contributed by atoms with E-state index in [1.54, 1.807) is 44.2 Å². The minimum Gasteiger partial charge on any atom is -0.383 e. The molecule has 140 heavy (non-hydrogen) atoms. The van der Waals surface area contributed by atoms with Crippen molar-refractivity contribution in [3.8, 4) is 0 Å². The number of carbonyl (C=O) groups is 7. The molecule has 3 aliphatic heterocycles. The molecule has 2 aromatic heterocycles. The number of rotatable bonds is 33. The fraction of sp³-hybridized carbons (Fsp3) is 0.887. The number of likely N-dealkylation sites (N-methyl/N-ethyl adjacent to an activating group) is 1. The quantitative estimate of drug-likeness (QED) is 0.0484. The Balaban J connectivity index is 0.000000334. The number of amides is 6. The molecule has 0 radical (unpaired) electrons. The second kappa shape index (κ2) is 65.2. The van der Waals surface area contributed by atoms with Gasteiger partial charge in [-0.05, 0) is 315 Å². The van der Waals surface area contributed by atoms with Gasteiger partial charge in [0.25, 0.3) is 6.43 Å². The highest BCUT2D eigenvalue weighted by molar-refractivity contribution is 5.80. The van der Waals surface area contributed by atoms with Crippen LogP contribution in [0.25, 0.3) is 0 Å². The molecule has 0 spiro atoms. The van der Waals surface area contributed by atoms with Crippen LogP contribution in [0, 0.1) is 135 Å². The Hall–Kier alpha value is -5.56. The highest BCUT2D eigenvalue weighted by atomic mass is 19.4. The van der Waals surface area contributed by atoms with E-state index in [0.717, 1.165) is 183 Å². The Labute approximate surface area is 849 Å². The standard InChI is InChI=1S/C16H29NO2.C15H29NO2.C15H28O.C14H24F3NO.C14H25F2NO.C14H23N3O.C14H28O.C13H21N3O/c1-12(2)14-5-4-10-17(11-14)16(18)13-6-8-15(19-3)9-7-13;1-15(2,3)13-7-6-12(10-13)11-14(17)16(4)8-9-18-5;1-11(2)9-15(16)10-13-5-7-14(8-6-13)12(3)4;1-13(2,3)11-6-5-10(7-11)8-12(19)18(4)9-14(15,16)17;1-10(2)12-6-4-11(5-7-12)8-14(18)17(3)9-13(15)16;1-12(2)13-4-3-7-17(10-13)14(18)5-8-16-9-6-15-11-16;1-5-15-10-6-7-12-8-9-13(11-12)14(2,3)4;1-11(2)12-4-3-6-16(8-12)13(17)9-15-7-5-14-10-15/h12-15H,4-11H2,1-3H3;12-13H,6-11H2,1-5H3;11-14H,5-10H2,1-4H3;10-11H,5-9H2,1-4H3;10-13H,4-9H2,1-3H3;6,9,11-13H,3-5,7-8,10H2,1-2H3;12-13H,5-11H2,1-4H3;5,7,10-12H,3-4,6,8-9H2,1-2H3/t;;;;;13-;;12-/m.....1.1/s1. The molecule has 9 atom stereocenters. The lowest BCUT2D eigenvalue weighted by Gasteiger charge is -2.38. The van der Waals surface area contributed by atoms with Crippen LogP contribution in [0.15, 0.2) is 37.4 Å². The Bertz CT molecular complexity index is 3670. The predicted molar refractivity (Wildman–Crippen MR) is 561 cm³/mol. The zero-order valence-corrected chi connectivity index (χ0v) is 93.8. The number of aromatic nitrogens is 4. The molecule has 2 aromatic rings. The van der Waals surface area contributed by atoms with Crippen molar-refractivity contribution in [3.63, 3.8) is 0 Å².